The van der Waals surface area contributed by atoms with E-state index in [4.69, 9.17) is 5.73 Å². The fraction of sp³-hybridized carbons (Fsp3) is 0.929. The number of amides is 2. The molecular formula is C14H30N4O. The third-order valence-corrected chi connectivity index (χ3v) is 3.30. The molecule has 1 aliphatic rings. The molecular weight excluding hydrogens is 240 g/mol. The van der Waals surface area contributed by atoms with Crippen molar-refractivity contribution < 1.29 is 4.79 Å². The number of likely N-dealkylation sites (tertiary alicyclic amines) is 1. The van der Waals surface area contributed by atoms with Gasteiger partial charge in [-0.2, -0.15) is 0 Å². The van der Waals surface area contributed by atoms with Crippen molar-refractivity contribution >= 4 is 6.03 Å². The standard InChI is InChI=1S/C14H30N4O/c1-11(8-15)9-18-7-5-6-12(10-18)16-13(19)17-14(2,3)4/h11-12H,5-10,15H2,1-4H3,(H2,16,17,19)/t11-,12+/m0/s1. The van der Waals surface area contributed by atoms with Gasteiger partial charge in [0.05, 0.1) is 0 Å². The molecule has 112 valence electrons. The Morgan fingerprint density at radius 2 is 2.16 bits per heavy atom. The molecule has 0 bridgehead atoms. The van der Waals surface area contributed by atoms with E-state index < -0.39 is 0 Å². The Hall–Kier alpha value is -0.810. The fourth-order valence-electron chi connectivity index (χ4n) is 2.42. The maximum atomic E-state index is 11.9. The van der Waals surface area contributed by atoms with Gasteiger partial charge >= 0.3 is 6.03 Å². The number of urea groups is 1. The van der Waals surface area contributed by atoms with Crippen molar-refractivity contribution in [1.29, 1.82) is 0 Å². The van der Waals surface area contributed by atoms with Gasteiger partial charge in [-0.05, 0) is 52.6 Å². The van der Waals surface area contributed by atoms with Crippen LogP contribution in [0.4, 0.5) is 4.79 Å². The van der Waals surface area contributed by atoms with Gasteiger partial charge in [-0.15, -0.1) is 0 Å². The molecule has 0 aliphatic carbocycles. The Labute approximate surface area is 117 Å². The van der Waals surface area contributed by atoms with Crippen LogP contribution in [-0.2, 0) is 0 Å². The van der Waals surface area contributed by atoms with Crippen molar-refractivity contribution in [2.75, 3.05) is 26.2 Å². The predicted molar refractivity (Wildman–Crippen MR) is 79.1 cm³/mol. The zero-order chi connectivity index (χ0) is 14.5. The van der Waals surface area contributed by atoms with Crippen LogP contribution in [0.5, 0.6) is 0 Å². The van der Waals surface area contributed by atoms with E-state index in [1.54, 1.807) is 0 Å². The molecule has 0 aromatic rings. The number of hydrogen-bond acceptors (Lipinski definition) is 3. The second-order valence-electron chi connectivity index (χ2n) is 6.79. The first-order valence-corrected chi connectivity index (χ1v) is 7.31. The summed E-state index contributed by atoms with van der Waals surface area (Å²) in [5, 5.41) is 6.02. The summed E-state index contributed by atoms with van der Waals surface area (Å²) in [6, 6.07) is 0.187. The highest BCUT2D eigenvalue weighted by molar-refractivity contribution is 5.75. The first-order chi connectivity index (χ1) is 8.80. The molecule has 1 saturated heterocycles. The highest BCUT2D eigenvalue weighted by atomic mass is 16.2. The van der Waals surface area contributed by atoms with Crippen molar-refractivity contribution in [3.8, 4) is 0 Å². The predicted octanol–water partition coefficient (Wildman–Crippen LogP) is 1.14. The maximum Gasteiger partial charge on any atom is 0.315 e. The molecule has 0 aromatic carbocycles. The van der Waals surface area contributed by atoms with E-state index in [9.17, 15) is 4.79 Å². The second-order valence-corrected chi connectivity index (χ2v) is 6.79. The number of carbonyl (C=O) groups excluding carboxylic acids is 1. The van der Waals surface area contributed by atoms with Gasteiger partial charge in [-0.25, -0.2) is 4.79 Å². The summed E-state index contributed by atoms with van der Waals surface area (Å²) in [6.45, 7) is 11.9. The summed E-state index contributed by atoms with van der Waals surface area (Å²) in [5.74, 6) is 0.516. The fourth-order valence-corrected chi connectivity index (χ4v) is 2.42. The van der Waals surface area contributed by atoms with E-state index in [0.717, 1.165) is 39.0 Å². The highest BCUT2D eigenvalue weighted by Crippen LogP contribution is 2.12. The Bertz CT molecular complexity index is 288. The molecule has 1 aliphatic heterocycles. The molecule has 0 unspecified atom stereocenters. The van der Waals surface area contributed by atoms with Gasteiger partial charge in [-0.3, -0.25) is 0 Å². The Kier molecular flexibility index (Phi) is 6.07. The third kappa shape index (κ3) is 6.78. The Morgan fingerprint density at radius 3 is 2.74 bits per heavy atom. The lowest BCUT2D eigenvalue weighted by molar-refractivity contribution is 0.168. The van der Waals surface area contributed by atoms with Crippen LogP contribution in [0.1, 0.15) is 40.5 Å². The molecule has 2 amide bonds. The Balaban J connectivity index is 2.36. The molecule has 5 heteroatoms. The molecule has 1 heterocycles. The van der Waals surface area contributed by atoms with Gasteiger partial charge in [0.2, 0.25) is 0 Å². The van der Waals surface area contributed by atoms with Gasteiger partial charge in [-0.1, -0.05) is 6.92 Å². The monoisotopic (exact) mass is 270 g/mol. The van der Waals surface area contributed by atoms with Crippen molar-refractivity contribution in [3.05, 3.63) is 0 Å². The summed E-state index contributed by atoms with van der Waals surface area (Å²) in [6.07, 6.45) is 2.20. The molecule has 1 fully saturated rings. The highest BCUT2D eigenvalue weighted by Gasteiger charge is 2.23. The van der Waals surface area contributed by atoms with Crippen LogP contribution in [0.3, 0.4) is 0 Å². The minimum atomic E-state index is -0.188. The van der Waals surface area contributed by atoms with Gasteiger partial charge in [0, 0.05) is 24.7 Å². The number of rotatable bonds is 4. The van der Waals surface area contributed by atoms with Gasteiger partial charge in [0.1, 0.15) is 0 Å². The van der Waals surface area contributed by atoms with Gasteiger partial charge in [0.15, 0.2) is 0 Å². The first-order valence-electron chi connectivity index (χ1n) is 7.31. The average molecular weight is 270 g/mol. The van der Waals surface area contributed by atoms with Crippen LogP contribution in [0.2, 0.25) is 0 Å². The SMILES string of the molecule is C[C@@H](CN)CN1CCC[C@@H](NC(=O)NC(C)(C)C)C1. The molecule has 0 spiro atoms. The minimum absolute atomic E-state index is 0.0637. The molecule has 0 aromatic heterocycles. The van der Waals surface area contributed by atoms with Crippen LogP contribution in [0.15, 0.2) is 0 Å². The van der Waals surface area contributed by atoms with Crippen molar-refractivity contribution in [2.45, 2.75) is 52.1 Å². The number of carbonyl (C=O) groups is 1. The molecule has 4 N–H and O–H groups in total. The Morgan fingerprint density at radius 1 is 1.47 bits per heavy atom. The molecule has 5 nitrogen and oxygen atoms in total. The lowest BCUT2D eigenvalue weighted by Gasteiger charge is -2.35. The molecule has 2 atom stereocenters. The van der Waals surface area contributed by atoms with Crippen LogP contribution in [0, 0.1) is 5.92 Å². The molecule has 19 heavy (non-hydrogen) atoms. The normalized spacial score (nSPS) is 22.9. The molecule has 0 radical (unpaired) electrons. The van der Waals surface area contributed by atoms with E-state index in [0.29, 0.717) is 5.92 Å². The lowest BCUT2D eigenvalue weighted by atomic mass is 10.0. The lowest BCUT2D eigenvalue weighted by Crippen LogP contribution is -2.54. The van der Waals surface area contributed by atoms with E-state index >= 15 is 0 Å². The van der Waals surface area contributed by atoms with E-state index in [1.807, 2.05) is 20.8 Å². The summed E-state index contributed by atoms with van der Waals surface area (Å²) >= 11 is 0. The third-order valence-electron chi connectivity index (χ3n) is 3.30. The average Bonchev–Trinajstić information content (AvgIpc) is 2.26. The van der Waals surface area contributed by atoms with E-state index in [2.05, 4.69) is 22.5 Å². The van der Waals surface area contributed by atoms with Crippen molar-refractivity contribution in [1.82, 2.24) is 15.5 Å². The van der Waals surface area contributed by atoms with Crippen LogP contribution in [-0.4, -0.2) is 48.7 Å². The number of hydrogen-bond donors (Lipinski definition) is 3. The largest absolute Gasteiger partial charge is 0.334 e. The topological polar surface area (TPSA) is 70.4 Å². The number of nitrogens with two attached hydrogens (primary N) is 1. The minimum Gasteiger partial charge on any atom is -0.334 e. The van der Waals surface area contributed by atoms with Crippen LogP contribution < -0.4 is 16.4 Å². The summed E-state index contributed by atoms with van der Waals surface area (Å²) in [4.78, 5) is 14.3. The summed E-state index contributed by atoms with van der Waals surface area (Å²) in [7, 11) is 0. The first kappa shape index (κ1) is 16.2. The number of nitrogens with zero attached hydrogens (tertiary/aromatic N) is 1. The van der Waals surface area contributed by atoms with Crippen LogP contribution in [0.25, 0.3) is 0 Å². The van der Waals surface area contributed by atoms with Crippen LogP contribution >= 0.6 is 0 Å². The van der Waals surface area contributed by atoms with Crippen molar-refractivity contribution in [3.63, 3.8) is 0 Å². The quantitative estimate of drug-likeness (QED) is 0.717. The maximum absolute atomic E-state index is 11.9. The zero-order valence-corrected chi connectivity index (χ0v) is 12.8. The summed E-state index contributed by atoms with van der Waals surface area (Å²) < 4.78 is 0. The second kappa shape index (κ2) is 7.10. The zero-order valence-electron chi connectivity index (χ0n) is 12.8. The van der Waals surface area contributed by atoms with E-state index in [1.165, 1.54) is 0 Å². The molecule has 1 rings (SSSR count). The molecule has 0 saturated carbocycles. The summed E-state index contributed by atoms with van der Waals surface area (Å²) in [5.41, 5.74) is 5.48. The van der Waals surface area contributed by atoms with E-state index in [-0.39, 0.29) is 17.6 Å². The van der Waals surface area contributed by atoms with Crippen molar-refractivity contribution in [2.24, 2.45) is 11.7 Å². The number of nitrogens with one attached hydrogen (secondary N) is 2. The smallest absolute Gasteiger partial charge is 0.315 e. The van der Waals surface area contributed by atoms with Gasteiger partial charge < -0.3 is 21.3 Å². The number of piperidine rings is 1. The van der Waals surface area contributed by atoms with Gasteiger partial charge in [0.25, 0.3) is 0 Å².